The highest BCUT2D eigenvalue weighted by Crippen LogP contribution is 2.35. The SMILES string of the molecule is CCc1ccccc1NCc1cc(Br)c(O)c(OC)c1. The summed E-state index contributed by atoms with van der Waals surface area (Å²) in [5.41, 5.74) is 3.47. The molecule has 0 heterocycles. The molecule has 2 N–H and O–H groups in total. The van der Waals surface area contributed by atoms with Crippen LogP contribution in [0.25, 0.3) is 0 Å². The Morgan fingerprint density at radius 2 is 2.00 bits per heavy atom. The first-order valence-electron chi connectivity index (χ1n) is 6.52. The fourth-order valence-electron chi connectivity index (χ4n) is 2.08. The van der Waals surface area contributed by atoms with Crippen LogP contribution in [-0.2, 0) is 13.0 Å². The van der Waals surface area contributed by atoms with Gasteiger partial charge in [0.05, 0.1) is 11.6 Å². The van der Waals surface area contributed by atoms with Gasteiger partial charge in [0.2, 0.25) is 0 Å². The first kappa shape index (κ1) is 14.7. The summed E-state index contributed by atoms with van der Waals surface area (Å²) in [5.74, 6) is 0.602. The summed E-state index contributed by atoms with van der Waals surface area (Å²) in [6.45, 7) is 2.81. The van der Waals surface area contributed by atoms with Crippen molar-refractivity contribution in [3.8, 4) is 11.5 Å². The van der Waals surface area contributed by atoms with Crippen molar-refractivity contribution in [3.63, 3.8) is 0 Å². The number of hydrogen-bond acceptors (Lipinski definition) is 3. The average Bonchev–Trinajstić information content (AvgIpc) is 2.48. The van der Waals surface area contributed by atoms with Crippen LogP contribution in [0.1, 0.15) is 18.1 Å². The number of methoxy groups -OCH3 is 1. The third kappa shape index (κ3) is 3.25. The van der Waals surface area contributed by atoms with Gasteiger partial charge in [0.15, 0.2) is 11.5 Å². The molecule has 0 amide bonds. The summed E-state index contributed by atoms with van der Waals surface area (Å²) in [4.78, 5) is 0. The third-order valence-electron chi connectivity index (χ3n) is 3.19. The molecule has 106 valence electrons. The fraction of sp³-hybridized carbons (Fsp3) is 0.250. The minimum atomic E-state index is 0.130. The van der Waals surface area contributed by atoms with Crippen LogP contribution in [0.4, 0.5) is 5.69 Å². The van der Waals surface area contributed by atoms with Gasteiger partial charge in [-0.05, 0) is 51.7 Å². The maximum Gasteiger partial charge on any atom is 0.172 e. The number of nitrogens with one attached hydrogen (secondary N) is 1. The molecule has 0 saturated heterocycles. The van der Waals surface area contributed by atoms with Crippen LogP contribution in [0.3, 0.4) is 0 Å². The number of phenols is 1. The number of para-hydroxylation sites is 1. The topological polar surface area (TPSA) is 41.5 Å². The fourth-order valence-corrected chi connectivity index (χ4v) is 2.57. The van der Waals surface area contributed by atoms with E-state index in [9.17, 15) is 5.11 Å². The van der Waals surface area contributed by atoms with E-state index in [1.807, 2.05) is 24.3 Å². The molecule has 2 aromatic carbocycles. The maximum atomic E-state index is 9.80. The number of hydrogen-bond donors (Lipinski definition) is 2. The first-order valence-corrected chi connectivity index (χ1v) is 7.32. The summed E-state index contributed by atoms with van der Waals surface area (Å²) in [7, 11) is 1.55. The number of aryl methyl sites for hydroxylation is 1. The minimum absolute atomic E-state index is 0.130. The number of rotatable bonds is 5. The summed E-state index contributed by atoms with van der Waals surface area (Å²) >= 11 is 3.33. The number of ether oxygens (including phenoxy) is 1. The van der Waals surface area contributed by atoms with Crippen LogP contribution in [0.15, 0.2) is 40.9 Å². The van der Waals surface area contributed by atoms with E-state index in [4.69, 9.17) is 4.74 Å². The highest BCUT2D eigenvalue weighted by Gasteiger charge is 2.08. The van der Waals surface area contributed by atoms with Crippen molar-refractivity contribution in [2.45, 2.75) is 19.9 Å². The van der Waals surface area contributed by atoms with Crippen LogP contribution >= 0.6 is 15.9 Å². The third-order valence-corrected chi connectivity index (χ3v) is 3.79. The van der Waals surface area contributed by atoms with E-state index in [0.717, 1.165) is 17.7 Å². The molecule has 0 spiro atoms. The Kier molecular flexibility index (Phi) is 4.90. The zero-order chi connectivity index (χ0) is 14.5. The lowest BCUT2D eigenvalue weighted by molar-refractivity contribution is 0.371. The van der Waals surface area contributed by atoms with Crippen LogP contribution < -0.4 is 10.1 Å². The molecule has 3 nitrogen and oxygen atoms in total. The molecule has 4 heteroatoms. The van der Waals surface area contributed by atoms with Crippen molar-refractivity contribution in [2.24, 2.45) is 0 Å². The Labute approximate surface area is 127 Å². The number of phenolic OH excluding ortho intramolecular Hbond substituents is 1. The van der Waals surface area contributed by atoms with Gasteiger partial charge in [0.25, 0.3) is 0 Å². The highest BCUT2D eigenvalue weighted by molar-refractivity contribution is 9.10. The van der Waals surface area contributed by atoms with Gasteiger partial charge in [0, 0.05) is 12.2 Å². The molecule has 0 radical (unpaired) electrons. The normalized spacial score (nSPS) is 10.3. The molecule has 0 saturated carbocycles. The molecule has 0 atom stereocenters. The Morgan fingerprint density at radius 3 is 2.70 bits per heavy atom. The molecule has 0 aliphatic carbocycles. The van der Waals surface area contributed by atoms with Crippen molar-refractivity contribution in [2.75, 3.05) is 12.4 Å². The number of benzene rings is 2. The van der Waals surface area contributed by atoms with E-state index in [1.54, 1.807) is 7.11 Å². The molecule has 2 aromatic rings. The van der Waals surface area contributed by atoms with E-state index in [1.165, 1.54) is 5.56 Å². The van der Waals surface area contributed by atoms with Crippen LogP contribution in [-0.4, -0.2) is 12.2 Å². The molecule has 0 aliphatic heterocycles. The number of anilines is 1. The molecule has 0 aliphatic rings. The summed E-state index contributed by atoms with van der Waals surface area (Å²) in [5, 5.41) is 13.2. The molecule has 2 rings (SSSR count). The van der Waals surface area contributed by atoms with Gasteiger partial charge < -0.3 is 15.2 Å². The largest absolute Gasteiger partial charge is 0.503 e. The van der Waals surface area contributed by atoms with Crippen molar-refractivity contribution in [3.05, 3.63) is 52.0 Å². The highest BCUT2D eigenvalue weighted by atomic mass is 79.9. The summed E-state index contributed by atoms with van der Waals surface area (Å²) in [6, 6.07) is 12.0. The van der Waals surface area contributed by atoms with Gasteiger partial charge in [0.1, 0.15) is 0 Å². The zero-order valence-corrected chi connectivity index (χ0v) is 13.2. The predicted octanol–water partition coefficient (Wildman–Crippen LogP) is 4.34. The summed E-state index contributed by atoms with van der Waals surface area (Å²) in [6.07, 6.45) is 0.992. The van der Waals surface area contributed by atoms with Gasteiger partial charge in [-0.1, -0.05) is 25.1 Å². The molecule has 0 unspecified atom stereocenters. The second-order valence-corrected chi connectivity index (χ2v) is 5.35. The molecule has 20 heavy (non-hydrogen) atoms. The van der Waals surface area contributed by atoms with Crippen molar-refractivity contribution in [1.29, 1.82) is 0 Å². The van der Waals surface area contributed by atoms with Gasteiger partial charge in [-0.2, -0.15) is 0 Å². The molecular formula is C16H18BrNO2. The zero-order valence-electron chi connectivity index (χ0n) is 11.6. The van der Waals surface area contributed by atoms with E-state index >= 15 is 0 Å². The second-order valence-electron chi connectivity index (χ2n) is 4.49. The maximum absolute atomic E-state index is 9.80. The molecule has 0 aromatic heterocycles. The molecular weight excluding hydrogens is 318 g/mol. The lowest BCUT2D eigenvalue weighted by atomic mass is 10.1. The van der Waals surface area contributed by atoms with Crippen LogP contribution in [0.5, 0.6) is 11.5 Å². The Morgan fingerprint density at radius 1 is 1.25 bits per heavy atom. The van der Waals surface area contributed by atoms with E-state index < -0.39 is 0 Å². The summed E-state index contributed by atoms with van der Waals surface area (Å²) < 4.78 is 5.79. The number of aromatic hydroxyl groups is 1. The smallest absolute Gasteiger partial charge is 0.172 e. The predicted molar refractivity (Wildman–Crippen MR) is 85.5 cm³/mol. The Balaban J connectivity index is 2.17. The van der Waals surface area contributed by atoms with Crippen molar-refractivity contribution < 1.29 is 9.84 Å². The van der Waals surface area contributed by atoms with E-state index in [2.05, 4.69) is 40.3 Å². The van der Waals surface area contributed by atoms with Crippen molar-refractivity contribution in [1.82, 2.24) is 0 Å². The van der Waals surface area contributed by atoms with Gasteiger partial charge in [-0.15, -0.1) is 0 Å². The molecule has 0 bridgehead atoms. The lowest BCUT2D eigenvalue weighted by Gasteiger charge is -2.13. The Hall–Kier alpha value is -1.68. The van der Waals surface area contributed by atoms with Gasteiger partial charge in [-0.3, -0.25) is 0 Å². The minimum Gasteiger partial charge on any atom is -0.503 e. The monoisotopic (exact) mass is 335 g/mol. The number of halogens is 1. The van der Waals surface area contributed by atoms with Crippen LogP contribution in [0.2, 0.25) is 0 Å². The standard InChI is InChI=1S/C16H18BrNO2/c1-3-12-6-4-5-7-14(12)18-10-11-8-13(17)16(19)15(9-11)20-2/h4-9,18-19H,3,10H2,1-2H3. The lowest BCUT2D eigenvalue weighted by Crippen LogP contribution is -2.02. The van der Waals surface area contributed by atoms with Gasteiger partial charge in [-0.25, -0.2) is 0 Å². The van der Waals surface area contributed by atoms with Crippen molar-refractivity contribution >= 4 is 21.6 Å². The quantitative estimate of drug-likeness (QED) is 0.854. The second kappa shape index (κ2) is 6.66. The van der Waals surface area contributed by atoms with Gasteiger partial charge >= 0.3 is 0 Å². The van der Waals surface area contributed by atoms with E-state index in [-0.39, 0.29) is 5.75 Å². The van der Waals surface area contributed by atoms with Crippen LogP contribution in [0, 0.1) is 0 Å². The molecule has 0 fully saturated rings. The van der Waals surface area contributed by atoms with E-state index in [0.29, 0.717) is 16.8 Å². The first-order chi connectivity index (χ1) is 9.65. The average molecular weight is 336 g/mol. The Bertz CT molecular complexity index is 599.